The Balaban J connectivity index is 2.46. The van der Waals surface area contributed by atoms with Gasteiger partial charge in [0.15, 0.2) is 0 Å². The summed E-state index contributed by atoms with van der Waals surface area (Å²) in [6.07, 6.45) is 5.00. The Labute approximate surface area is 92.3 Å². The predicted molar refractivity (Wildman–Crippen MR) is 64.2 cm³/mol. The normalized spacial score (nSPS) is 13.1. The van der Waals surface area contributed by atoms with Crippen LogP contribution in [0.25, 0.3) is 0 Å². The monoisotopic (exact) mass is 210 g/mol. The van der Waals surface area contributed by atoms with Gasteiger partial charge in [0.1, 0.15) is 0 Å². The highest BCUT2D eigenvalue weighted by atomic mass is 15.2. The van der Waals surface area contributed by atoms with Gasteiger partial charge in [0.05, 0.1) is 0 Å². The highest BCUT2D eigenvalue weighted by molar-refractivity contribution is 5.25. The first-order valence-corrected chi connectivity index (χ1v) is 5.56. The Bertz CT molecular complexity index is 280. The van der Waals surface area contributed by atoms with Crippen LogP contribution in [-0.4, -0.2) is 41.1 Å². The van der Waals surface area contributed by atoms with Crippen molar-refractivity contribution >= 4 is 5.95 Å². The number of nitrogens with zero attached hydrogens (tertiary/aromatic N) is 3. The van der Waals surface area contributed by atoms with E-state index in [9.17, 15) is 0 Å². The Morgan fingerprint density at radius 1 is 1.53 bits per heavy atom. The van der Waals surface area contributed by atoms with Gasteiger partial charge in [0.25, 0.3) is 0 Å². The topological polar surface area (TPSA) is 33.1 Å². The predicted octanol–water partition coefficient (Wildman–Crippen LogP) is 1.66. The molecule has 0 bridgehead atoms. The Kier molecular flexibility index (Phi) is 4.62. The molecule has 1 unspecified atom stereocenters. The molecule has 0 aliphatic carbocycles. The van der Waals surface area contributed by atoms with Crippen molar-refractivity contribution in [2.45, 2.75) is 32.9 Å². The highest BCUT2D eigenvalue weighted by Gasteiger charge is 2.06. The molecule has 0 radical (unpaired) electrons. The molecule has 0 spiro atoms. The number of hydrogen-bond acceptors (Lipinski definition) is 3. The minimum atomic E-state index is 0.511. The molecule has 0 aromatic carbocycles. The summed E-state index contributed by atoms with van der Waals surface area (Å²) in [7, 11) is 4.18. The first-order valence-electron chi connectivity index (χ1n) is 5.56. The number of likely N-dealkylation sites (N-methyl/N-ethyl adjacent to an activating group) is 1. The standard InChI is InChI=1S/C11H22N4/c1-5-7-15-8-6-12-11(15)13-9-10(2)14(3)4/h6,8,10H,5,7,9H2,1-4H3,(H,12,13). The molecule has 1 atom stereocenters. The number of aryl methyl sites for hydroxylation is 1. The number of imidazole rings is 1. The second-order valence-corrected chi connectivity index (χ2v) is 4.14. The van der Waals surface area contributed by atoms with Crippen molar-refractivity contribution in [2.75, 3.05) is 26.0 Å². The van der Waals surface area contributed by atoms with E-state index >= 15 is 0 Å². The zero-order valence-electron chi connectivity index (χ0n) is 10.2. The molecule has 1 heterocycles. The second kappa shape index (κ2) is 5.75. The van der Waals surface area contributed by atoms with Crippen molar-refractivity contribution in [3.05, 3.63) is 12.4 Å². The molecule has 1 aromatic heterocycles. The molecule has 0 fully saturated rings. The Hall–Kier alpha value is -1.03. The number of nitrogens with one attached hydrogen (secondary N) is 1. The van der Waals surface area contributed by atoms with Crippen molar-refractivity contribution in [3.63, 3.8) is 0 Å². The average molecular weight is 210 g/mol. The molecule has 1 rings (SSSR count). The van der Waals surface area contributed by atoms with E-state index in [-0.39, 0.29) is 0 Å². The number of aromatic nitrogens is 2. The van der Waals surface area contributed by atoms with Gasteiger partial charge in [-0.15, -0.1) is 0 Å². The number of anilines is 1. The molecular weight excluding hydrogens is 188 g/mol. The van der Waals surface area contributed by atoms with Crippen LogP contribution in [0.4, 0.5) is 5.95 Å². The van der Waals surface area contributed by atoms with E-state index in [1.807, 2.05) is 12.4 Å². The highest BCUT2D eigenvalue weighted by Crippen LogP contribution is 2.05. The molecule has 15 heavy (non-hydrogen) atoms. The van der Waals surface area contributed by atoms with Crippen LogP contribution in [-0.2, 0) is 6.54 Å². The van der Waals surface area contributed by atoms with Crippen LogP contribution in [0.2, 0.25) is 0 Å². The molecule has 1 aromatic rings. The number of rotatable bonds is 6. The van der Waals surface area contributed by atoms with Crippen LogP contribution in [0.15, 0.2) is 12.4 Å². The first-order chi connectivity index (χ1) is 7.15. The first kappa shape index (κ1) is 12.0. The smallest absolute Gasteiger partial charge is 0.202 e. The molecule has 0 amide bonds. The summed E-state index contributed by atoms with van der Waals surface area (Å²) in [4.78, 5) is 6.49. The third-order valence-electron chi connectivity index (χ3n) is 2.62. The van der Waals surface area contributed by atoms with Gasteiger partial charge in [-0.1, -0.05) is 6.92 Å². The van der Waals surface area contributed by atoms with Crippen molar-refractivity contribution < 1.29 is 0 Å². The van der Waals surface area contributed by atoms with Gasteiger partial charge in [0, 0.05) is 31.5 Å². The lowest BCUT2D eigenvalue weighted by Crippen LogP contribution is -2.32. The lowest BCUT2D eigenvalue weighted by atomic mass is 10.3. The van der Waals surface area contributed by atoms with E-state index in [1.54, 1.807) is 0 Å². The average Bonchev–Trinajstić information content (AvgIpc) is 2.62. The fraction of sp³-hybridized carbons (Fsp3) is 0.727. The molecule has 0 saturated carbocycles. The van der Waals surface area contributed by atoms with Crippen molar-refractivity contribution in [1.29, 1.82) is 0 Å². The van der Waals surface area contributed by atoms with Gasteiger partial charge in [-0.25, -0.2) is 4.98 Å². The Morgan fingerprint density at radius 2 is 2.27 bits per heavy atom. The van der Waals surface area contributed by atoms with Crippen molar-refractivity contribution in [3.8, 4) is 0 Å². The van der Waals surface area contributed by atoms with E-state index in [2.05, 4.69) is 47.7 Å². The fourth-order valence-electron chi connectivity index (χ4n) is 1.32. The van der Waals surface area contributed by atoms with Crippen molar-refractivity contribution in [2.24, 2.45) is 0 Å². The fourth-order valence-corrected chi connectivity index (χ4v) is 1.32. The van der Waals surface area contributed by atoms with E-state index in [1.165, 1.54) is 0 Å². The van der Waals surface area contributed by atoms with Gasteiger partial charge in [0.2, 0.25) is 5.95 Å². The molecule has 1 N–H and O–H groups in total. The molecule has 0 aliphatic heterocycles. The van der Waals surface area contributed by atoms with Crippen LogP contribution in [0.1, 0.15) is 20.3 Å². The molecule has 0 saturated heterocycles. The Morgan fingerprint density at radius 3 is 2.87 bits per heavy atom. The van der Waals surface area contributed by atoms with Gasteiger partial charge < -0.3 is 14.8 Å². The third kappa shape index (κ3) is 3.55. The maximum Gasteiger partial charge on any atom is 0.202 e. The maximum atomic E-state index is 4.30. The zero-order chi connectivity index (χ0) is 11.3. The number of hydrogen-bond donors (Lipinski definition) is 1. The molecule has 4 nitrogen and oxygen atoms in total. The lowest BCUT2D eigenvalue weighted by Gasteiger charge is -2.20. The summed E-state index contributed by atoms with van der Waals surface area (Å²) >= 11 is 0. The summed E-state index contributed by atoms with van der Waals surface area (Å²) in [5, 5.41) is 3.37. The summed E-state index contributed by atoms with van der Waals surface area (Å²) in [6.45, 7) is 6.32. The summed E-state index contributed by atoms with van der Waals surface area (Å²) in [5.74, 6) is 0.977. The maximum absolute atomic E-state index is 4.30. The van der Waals surface area contributed by atoms with E-state index < -0.39 is 0 Å². The lowest BCUT2D eigenvalue weighted by molar-refractivity contribution is 0.325. The SMILES string of the molecule is CCCn1ccnc1NCC(C)N(C)C. The van der Waals surface area contributed by atoms with Crippen LogP contribution in [0, 0.1) is 0 Å². The van der Waals surface area contributed by atoms with Crippen LogP contribution >= 0.6 is 0 Å². The third-order valence-corrected chi connectivity index (χ3v) is 2.62. The molecular formula is C11H22N4. The second-order valence-electron chi connectivity index (χ2n) is 4.14. The van der Waals surface area contributed by atoms with Crippen molar-refractivity contribution in [1.82, 2.24) is 14.5 Å². The van der Waals surface area contributed by atoms with Gasteiger partial charge in [-0.05, 0) is 27.4 Å². The minimum absolute atomic E-state index is 0.511. The molecule has 0 aliphatic rings. The van der Waals surface area contributed by atoms with Gasteiger partial charge in [-0.2, -0.15) is 0 Å². The quantitative estimate of drug-likeness (QED) is 0.775. The van der Waals surface area contributed by atoms with Crippen LogP contribution in [0.5, 0.6) is 0 Å². The summed E-state index contributed by atoms with van der Waals surface area (Å²) < 4.78 is 2.16. The summed E-state index contributed by atoms with van der Waals surface area (Å²) in [6, 6.07) is 0.511. The van der Waals surface area contributed by atoms with E-state index in [4.69, 9.17) is 0 Å². The zero-order valence-corrected chi connectivity index (χ0v) is 10.2. The van der Waals surface area contributed by atoms with Gasteiger partial charge in [-0.3, -0.25) is 0 Å². The van der Waals surface area contributed by atoms with Gasteiger partial charge >= 0.3 is 0 Å². The molecule has 86 valence electrons. The van der Waals surface area contributed by atoms with E-state index in [0.29, 0.717) is 6.04 Å². The van der Waals surface area contributed by atoms with Crippen LogP contribution in [0.3, 0.4) is 0 Å². The van der Waals surface area contributed by atoms with Crippen LogP contribution < -0.4 is 5.32 Å². The van der Waals surface area contributed by atoms with E-state index in [0.717, 1.165) is 25.5 Å². The molecule has 4 heteroatoms. The largest absolute Gasteiger partial charge is 0.354 e. The minimum Gasteiger partial charge on any atom is -0.354 e. The summed E-state index contributed by atoms with van der Waals surface area (Å²) in [5.41, 5.74) is 0.